The third-order valence-electron chi connectivity index (χ3n) is 3.64. The van der Waals surface area contributed by atoms with Crippen molar-refractivity contribution >= 4 is 5.78 Å². The number of hydrogen-bond donors (Lipinski definition) is 0. The van der Waals surface area contributed by atoms with Crippen LogP contribution in [0.15, 0.2) is 24.3 Å². The molecule has 86 valence electrons. The molecular formula is C15H20O. The maximum atomic E-state index is 12.3. The molecule has 0 spiro atoms. The quantitative estimate of drug-likeness (QED) is 0.683. The summed E-state index contributed by atoms with van der Waals surface area (Å²) in [5, 5.41) is 0. The van der Waals surface area contributed by atoms with Crippen LogP contribution in [-0.4, -0.2) is 5.78 Å². The fourth-order valence-electron chi connectivity index (χ4n) is 2.63. The molecule has 0 aromatic heterocycles. The zero-order valence-electron chi connectivity index (χ0n) is 10.2. The maximum Gasteiger partial charge on any atom is 0.165 e. The largest absolute Gasteiger partial charge is 0.294 e. The molecule has 1 fully saturated rings. The summed E-state index contributed by atoms with van der Waals surface area (Å²) in [7, 11) is 0. The van der Waals surface area contributed by atoms with Gasteiger partial charge < -0.3 is 0 Å². The van der Waals surface area contributed by atoms with Gasteiger partial charge in [-0.3, -0.25) is 4.79 Å². The fourth-order valence-corrected chi connectivity index (χ4v) is 2.63. The number of carbonyl (C=O) groups is 1. The van der Waals surface area contributed by atoms with Gasteiger partial charge in [0.15, 0.2) is 5.78 Å². The maximum absolute atomic E-state index is 12.3. The van der Waals surface area contributed by atoms with Gasteiger partial charge in [0.1, 0.15) is 0 Å². The molecule has 1 saturated carbocycles. The van der Waals surface area contributed by atoms with Crippen molar-refractivity contribution in [3.8, 4) is 0 Å². The molecule has 1 heteroatoms. The first-order chi connectivity index (χ1) is 7.66. The van der Waals surface area contributed by atoms with E-state index in [1.54, 1.807) is 0 Å². The third-order valence-corrected chi connectivity index (χ3v) is 3.64. The van der Waals surface area contributed by atoms with Crippen LogP contribution in [0.5, 0.6) is 0 Å². The minimum absolute atomic E-state index is 0.270. The normalized spacial score (nSPS) is 25.4. The van der Waals surface area contributed by atoms with Crippen molar-refractivity contribution < 1.29 is 4.79 Å². The van der Waals surface area contributed by atoms with Crippen molar-refractivity contribution in [1.82, 2.24) is 0 Å². The number of hydrogen-bond acceptors (Lipinski definition) is 1. The molecule has 16 heavy (non-hydrogen) atoms. The van der Waals surface area contributed by atoms with E-state index in [0.717, 1.165) is 18.4 Å². The van der Waals surface area contributed by atoms with Crippen LogP contribution in [0.2, 0.25) is 0 Å². The Hall–Kier alpha value is -1.11. The molecule has 2 unspecified atom stereocenters. The molecule has 0 amide bonds. The van der Waals surface area contributed by atoms with Crippen molar-refractivity contribution in [3.63, 3.8) is 0 Å². The van der Waals surface area contributed by atoms with E-state index in [0.29, 0.717) is 11.7 Å². The molecule has 1 aliphatic carbocycles. The molecule has 0 aliphatic heterocycles. The van der Waals surface area contributed by atoms with Gasteiger partial charge in [-0.05, 0) is 25.7 Å². The molecule has 2 rings (SSSR count). The number of aryl methyl sites for hydroxylation is 1. The zero-order chi connectivity index (χ0) is 11.5. The third kappa shape index (κ3) is 2.52. The van der Waals surface area contributed by atoms with Gasteiger partial charge in [-0.25, -0.2) is 0 Å². The van der Waals surface area contributed by atoms with Crippen molar-refractivity contribution in [1.29, 1.82) is 0 Å². The van der Waals surface area contributed by atoms with Crippen molar-refractivity contribution in [2.75, 3.05) is 0 Å². The first kappa shape index (κ1) is 11.4. The number of rotatable bonds is 2. The topological polar surface area (TPSA) is 17.1 Å². The summed E-state index contributed by atoms with van der Waals surface area (Å²) in [5.74, 6) is 1.34. The van der Waals surface area contributed by atoms with Crippen LogP contribution in [0, 0.1) is 18.8 Å². The van der Waals surface area contributed by atoms with Gasteiger partial charge in [-0.2, -0.15) is 0 Å². The van der Waals surface area contributed by atoms with Gasteiger partial charge in [0.05, 0.1) is 0 Å². The van der Waals surface area contributed by atoms with E-state index in [1.807, 2.05) is 24.3 Å². The van der Waals surface area contributed by atoms with Crippen molar-refractivity contribution in [2.24, 2.45) is 11.8 Å². The zero-order valence-corrected chi connectivity index (χ0v) is 10.2. The molecule has 1 nitrogen and oxygen atoms in total. The number of ketones is 1. The summed E-state index contributed by atoms with van der Waals surface area (Å²) in [4.78, 5) is 12.3. The van der Waals surface area contributed by atoms with Crippen LogP contribution in [0.3, 0.4) is 0 Å². The summed E-state index contributed by atoms with van der Waals surface area (Å²) >= 11 is 0. The molecule has 0 radical (unpaired) electrons. The summed E-state index contributed by atoms with van der Waals surface area (Å²) in [5.41, 5.74) is 2.11. The highest BCUT2D eigenvalue weighted by molar-refractivity contribution is 5.97. The van der Waals surface area contributed by atoms with E-state index in [4.69, 9.17) is 0 Å². The Kier molecular flexibility index (Phi) is 3.42. The summed E-state index contributed by atoms with van der Waals surface area (Å²) < 4.78 is 0. The Morgan fingerprint density at radius 2 is 1.88 bits per heavy atom. The van der Waals surface area contributed by atoms with Crippen LogP contribution < -0.4 is 0 Å². The first-order valence-electron chi connectivity index (χ1n) is 6.27. The van der Waals surface area contributed by atoms with Crippen molar-refractivity contribution in [3.05, 3.63) is 35.4 Å². The van der Waals surface area contributed by atoms with Gasteiger partial charge >= 0.3 is 0 Å². The van der Waals surface area contributed by atoms with E-state index in [-0.39, 0.29) is 5.92 Å². The highest BCUT2D eigenvalue weighted by Gasteiger charge is 2.25. The minimum Gasteiger partial charge on any atom is -0.294 e. The second-order valence-electron chi connectivity index (χ2n) is 5.20. The van der Waals surface area contributed by atoms with Gasteiger partial charge in [0.2, 0.25) is 0 Å². The molecule has 1 aromatic rings. The molecule has 2 atom stereocenters. The highest BCUT2D eigenvalue weighted by atomic mass is 16.1. The molecule has 0 heterocycles. The van der Waals surface area contributed by atoms with Crippen LogP contribution >= 0.6 is 0 Å². The second-order valence-corrected chi connectivity index (χ2v) is 5.20. The van der Waals surface area contributed by atoms with Gasteiger partial charge in [0.25, 0.3) is 0 Å². The first-order valence-corrected chi connectivity index (χ1v) is 6.27. The lowest BCUT2D eigenvalue weighted by molar-refractivity contribution is 0.0868. The second kappa shape index (κ2) is 4.82. The Bertz CT molecular complexity index is 364. The lowest BCUT2D eigenvalue weighted by Crippen LogP contribution is -2.21. The standard InChI is InChI=1S/C15H20O/c1-11-6-8-13(9-7-11)15(16)14-5-3-4-12(2)10-14/h6-9,12,14H,3-5,10H2,1-2H3. The van der Waals surface area contributed by atoms with E-state index in [1.165, 1.54) is 18.4 Å². The smallest absolute Gasteiger partial charge is 0.165 e. The summed E-state index contributed by atoms with van der Waals surface area (Å²) in [6.45, 7) is 4.31. The molecular weight excluding hydrogens is 196 g/mol. The van der Waals surface area contributed by atoms with Crippen LogP contribution in [0.1, 0.15) is 48.5 Å². The predicted octanol–water partition coefficient (Wildman–Crippen LogP) is 4.00. The molecule has 0 saturated heterocycles. The summed E-state index contributed by atoms with van der Waals surface area (Å²) in [6.07, 6.45) is 4.66. The fraction of sp³-hybridized carbons (Fsp3) is 0.533. The Morgan fingerprint density at radius 1 is 1.19 bits per heavy atom. The van der Waals surface area contributed by atoms with Gasteiger partial charge in [-0.1, -0.05) is 49.6 Å². The van der Waals surface area contributed by atoms with E-state index < -0.39 is 0 Å². The van der Waals surface area contributed by atoms with E-state index in [2.05, 4.69) is 13.8 Å². The average molecular weight is 216 g/mol. The van der Waals surface area contributed by atoms with Crippen molar-refractivity contribution in [2.45, 2.75) is 39.5 Å². The number of Topliss-reactive ketones (excluding diaryl/α,β-unsaturated/α-hetero) is 1. The van der Waals surface area contributed by atoms with Crippen LogP contribution in [0.25, 0.3) is 0 Å². The molecule has 1 aliphatic rings. The van der Waals surface area contributed by atoms with Gasteiger partial charge in [-0.15, -0.1) is 0 Å². The summed E-state index contributed by atoms with van der Waals surface area (Å²) in [6, 6.07) is 7.99. The minimum atomic E-state index is 0.270. The predicted molar refractivity (Wildman–Crippen MR) is 66.6 cm³/mol. The molecule has 1 aromatic carbocycles. The van der Waals surface area contributed by atoms with Gasteiger partial charge in [0, 0.05) is 11.5 Å². The highest BCUT2D eigenvalue weighted by Crippen LogP contribution is 2.30. The van der Waals surface area contributed by atoms with Crippen LogP contribution in [0.4, 0.5) is 0 Å². The molecule has 0 bridgehead atoms. The lowest BCUT2D eigenvalue weighted by atomic mass is 9.79. The Balaban J connectivity index is 2.09. The Labute approximate surface area is 97.9 Å². The lowest BCUT2D eigenvalue weighted by Gasteiger charge is -2.25. The monoisotopic (exact) mass is 216 g/mol. The number of benzene rings is 1. The van der Waals surface area contributed by atoms with E-state index >= 15 is 0 Å². The SMILES string of the molecule is Cc1ccc(C(=O)C2CCCC(C)C2)cc1. The average Bonchev–Trinajstić information content (AvgIpc) is 2.29. The van der Waals surface area contributed by atoms with Crippen LogP contribution in [-0.2, 0) is 0 Å². The molecule has 0 N–H and O–H groups in total. The number of carbonyl (C=O) groups excluding carboxylic acids is 1. The van der Waals surface area contributed by atoms with E-state index in [9.17, 15) is 4.79 Å². The Morgan fingerprint density at radius 3 is 2.50 bits per heavy atom.